The van der Waals surface area contributed by atoms with Gasteiger partial charge < -0.3 is 14.8 Å². The molecule has 0 spiro atoms. The summed E-state index contributed by atoms with van der Waals surface area (Å²) in [6, 6.07) is 4.91. The summed E-state index contributed by atoms with van der Waals surface area (Å²) in [6.45, 7) is 2.08. The number of ether oxygens (including phenoxy) is 2. The van der Waals surface area contributed by atoms with Crippen molar-refractivity contribution < 1.29 is 14.3 Å². The minimum absolute atomic E-state index is 0.185. The number of rotatable bonds is 3. The van der Waals surface area contributed by atoms with Crippen molar-refractivity contribution in [2.45, 2.75) is 13.0 Å². The molecule has 4 rings (SSSR count). The molecule has 0 saturated carbocycles. The van der Waals surface area contributed by atoms with Crippen LogP contribution in [0.3, 0.4) is 0 Å². The average molecular weight is 316 g/mol. The second-order valence-corrected chi connectivity index (χ2v) is 5.71. The van der Waals surface area contributed by atoms with Crippen LogP contribution in [0.4, 0.5) is 0 Å². The average Bonchev–Trinajstić information content (AvgIpc) is 3.21. The smallest absolute Gasteiger partial charge is 0.251 e. The minimum atomic E-state index is -0.216. The first-order valence-corrected chi connectivity index (χ1v) is 7.58. The predicted octanol–water partition coefficient (Wildman–Crippen LogP) is 2.01. The van der Waals surface area contributed by atoms with Crippen LogP contribution in [0.1, 0.15) is 29.0 Å². The lowest BCUT2D eigenvalue weighted by Crippen LogP contribution is -2.26. The Kier molecular flexibility index (Phi) is 2.97. The lowest BCUT2D eigenvalue weighted by molar-refractivity contribution is 0.0938. The molecule has 1 aromatic carbocycles. The largest absolute Gasteiger partial charge is 0.454 e. The molecule has 0 aliphatic carbocycles. The van der Waals surface area contributed by atoms with E-state index in [4.69, 9.17) is 9.47 Å². The highest BCUT2D eigenvalue weighted by Crippen LogP contribution is 2.32. The summed E-state index contributed by atoms with van der Waals surface area (Å²) in [6.07, 6.45) is 1.82. The van der Waals surface area contributed by atoms with Crippen molar-refractivity contribution in [2.24, 2.45) is 0 Å². The molecule has 8 heteroatoms. The number of hydrogen-bond donors (Lipinski definition) is 1. The first kappa shape index (κ1) is 13.1. The summed E-state index contributed by atoms with van der Waals surface area (Å²) in [4.78, 5) is 17.6. The third-order valence-corrected chi connectivity index (χ3v) is 4.12. The summed E-state index contributed by atoms with van der Waals surface area (Å²) in [7, 11) is 0. The third kappa shape index (κ3) is 2.17. The number of benzene rings is 1. The molecule has 7 nitrogen and oxygen atoms in total. The highest BCUT2D eigenvalue weighted by Gasteiger charge is 2.19. The van der Waals surface area contributed by atoms with E-state index in [1.807, 2.05) is 13.1 Å². The van der Waals surface area contributed by atoms with E-state index in [0.717, 1.165) is 10.7 Å². The van der Waals surface area contributed by atoms with Crippen LogP contribution < -0.4 is 14.8 Å². The van der Waals surface area contributed by atoms with Crippen LogP contribution in [0.2, 0.25) is 0 Å². The highest BCUT2D eigenvalue weighted by atomic mass is 32.1. The molecule has 22 heavy (non-hydrogen) atoms. The van der Waals surface area contributed by atoms with E-state index in [0.29, 0.717) is 17.1 Å². The first-order chi connectivity index (χ1) is 10.7. The van der Waals surface area contributed by atoms with Gasteiger partial charge in [-0.1, -0.05) is 11.3 Å². The number of hydrogen-bond acceptors (Lipinski definition) is 6. The second-order valence-electron chi connectivity index (χ2n) is 4.89. The topological polar surface area (TPSA) is 77.8 Å². The Morgan fingerprint density at radius 2 is 2.27 bits per heavy atom. The van der Waals surface area contributed by atoms with Gasteiger partial charge in [-0.3, -0.25) is 4.79 Å². The number of carbonyl (C=O) groups is 1. The molecule has 3 aromatic rings. The van der Waals surface area contributed by atoms with Crippen molar-refractivity contribution in [2.75, 3.05) is 6.79 Å². The van der Waals surface area contributed by atoms with Gasteiger partial charge in [0.2, 0.25) is 11.8 Å². The standard InChI is InChI=1S/C14H12N4O3S/c1-8(10-5-18-14(17-10)22-6-15-18)16-13(19)9-2-3-11-12(4-9)21-7-20-11/h2-6,8H,7H2,1H3,(H,16,19). The molecule has 1 aliphatic heterocycles. The Hall–Kier alpha value is -2.61. The lowest BCUT2D eigenvalue weighted by atomic mass is 10.1. The predicted molar refractivity (Wildman–Crippen MR) is 79.3 cm³/mol. The summed E-state index contributed by atoms with van der Waals surface area (Å²) < 4.78 is 12.2. The van der Waals surface area contributed by atoms with Gasteiger partial charge in [-0.15, -0.1) is 0 Å². The van der Waals surface area contributed by atoms with Gasteiger partial charge in [0.05, 0.1) is 17.9 Å². The number of nitrogens with one attached hydrogen (secondary N) is 1. The zero-order valence-corrected chi connectivity index (χ0v) is 12.5. The maximum Gasteiger partial charge on any atom is 0.251 e. The molecule has 0 fully saturated rings. The fourth-order valence-electron chi connectivity index (χ4n) is 2.26. The van der Waals surface area contributed by atoms with E-state index >= 15 is 0 Å². The summed E-state index contributed by atoms with van der Waals surface area (Å²) in [5, 5.41) is 7.05. The van der Waals surface area contributed by atoms with E-state index in [9.17, 15) is 4.79 Å². The first-order valence-electron chi connectivity index (χ1n) is 6.70. The maximum atomic E-state index is 12.3. The summed E-state index contributed by atoms with van der Waals surface area (Å²) >= 11 is 1.45. The van der Waals surface area contributed by atoms with Gasteiger partial charge in [0.15, 0.2) is 11.5 Å². The molecule has 112 valence electrons. The van der Waals surface area contributed by atoms with Crippen molar-refractivity contribution in [3.8, 4) is 11.5 Å². The molecule has 1 aliphatic rings. The molecule has 0 bridgehead atoms. The fraction of sp³-hybridized carbons (Fsp3) is 0.214. The Morgan fingerprint density at radius 1 is 1.41 bits per heavy atom. The Labute approximate surface area is 129 Å². The molecule has 2 aromatic heterocycles. The van der Waals surface area contributed by atoms with Gasteiger partial charge in [-0.05, 0) is 25.1 Å². The molecule has 0 saturated heterocycles. The van der Waals surface area contributed by atoms with Crippen molar-refractivity contribution in [1.82, 2.24) is 19.9 Å². The summed E-state index contributed by atoms with van der Waals surface area (Å²) in [5.41, 5.74) is 3.02. The van der Waals surface area contributed by atoms with Crippen LogP contribution in [-0.2, 0) is 0 Å². The number of imidazole rings is 1. The quantitative estimate of drug-likeness (QED) is 0.800. The van der Waals surface area contributed by atoms with E-state index in [2.05, 4.69) is 15.4 Å². The van der Waals surface area contributed by atoms with Crippen LogP contribution in [0.5, 0.6) is 11.5 Å². The second kappa shape index (κ2) is 4.99. The number of aromatic nitrogens is 3. The highest BCUT2D eigenvalue weighted by molar-refractivity contribution is 7.14. The van der Waals surface area contributed by atoms with Crippen molar-refractivity contribution >= 4 is 22.2 Å². The van der Waals surface area contributed by atoms with E-state index in [1.165, 1.54) is 11.3 Å². The van der Waals surface area contributed by atoms with Crippen LogP contribution >= 0.6 is 11.3 Å². The van der Waals surface area contributed by atoms with E-state index < -0.39 is 0 Å². The third-order valence-electron chi connectivity index (χ3n) is 3.43. The fourth-order valence-corrected chi connectivity index (χ4v) is 2.86. The Bertz CT molecular complexity index is 828. The van der Waals surface area contributed by atoms with Gasteiger partial charge in [-0.2, -0.15) is 5.10 Å². The number of amides is 1. The van der Waals surface area contributed by atoms with Crippen LogP contribution in [0, 0.1) is 0 Å². The normalized spacial score (nSPS) is 14.2. The van der Waals surface area contributed by atoms with Crippen molar-refractivity contribution in [3.05, 3.63) is 41.2 Å². The zero-order chi connectivity index (χ0) is 15.1. The van der Waals surface area contributed by atoms with Crippen LogP contribution in [-0.4, -0.2) is 27.3 Å². The van der Waals surface area contributed by atoms with Gasteiger partial charge in [0.1, 0.15) is 5.51 Å². The van der Waals surface area contributed by atoms with Crippen molar-refractivity contribution in [3.63, 3.8) is 0 Å². The SMILES string of the molecule is CC(NC(=O)c1ccc2c(c1)OCO2)c1cn2ncsc2n1. The zero-order valence-electron chi connectivity index (χ0n) is 11.6. The number of nitrogens with zero attached hydrogens (tertiary/aromatic N) is 3. The molecule has 1 atom stereocenters. The molecular formula is C14H12N4O3S. The van der Waals surface area contributed by atoms with Crippen LogP contribution in [0.25, 0.3) is 4.96 Å². The molecule has 3 heterocycles. The number of fused-ring (bicyclic) bond motifs is 2. The molecular weight excluding hydrogens is 304 g/mol. The minimum Gasteiger partial charge on any atom is -0.454 e. The van der Waals surface area contributed by atoms with E-state index in [-0.39, 0.29) is 18.7 Å². The molecule has 1 amide bonds. The number of carbonyl (C=O) groups excluding carboxylic acids is 1. The van der Waals surface area contributed by atoms with Gasteiger partial charge in [0, 0.05) is 5.56 Å². The van der Waals surface area contributed by atoms with Crippen LogP contribution in [0.15, 0.2) is 29.9 Å². The van der Waals surface area contributed by atoms with Gasteiger partial charge in [-0.25, -0.2) is 9.50 Å². The maximum absolute atomic E-state index is 12.3. The molecule has 1 N–H and O–H groups in total. The monoisotopic (exact) mass is 316 g/mol. The van der Waals surface area contributed by atoms with Gasteiger partial charge in [0.25, 0.3) is 5.91 Å². The van der Waals surface area contributed by atoms with Gasteiger partial charge >= 0.3 is 0 Å². The molecule has 0 radical (unpaired) electrons. The van der Waals surface area contributed by atoms with Crippen molar-refractivity contribution in [1.29, 1.82) is 0 Å². The Balaban J connectivity index is 1.52. The molecule has 1 unspecified atom stereocenters. The van der Waals surface area contributed by atoms with E-state index in [1.54, 1.807) is 28.2 Å². The lowest BCUT2D eigenvalue weighted by Gasteiger charge is -2.11. The summed E-state index contributed by atoms with van der Waals surface area (Å²) in [5.74, 6) is 1.06. The Morgan fingerprint density at radius 3 is 3.14 bits per heavy atom.